The van der Waals surface area contributed by atoms with E-state index in [1.165, 1.54) is 18.1 Å². The average Bonchev–Trinajstić information content (AvgIpc) is 3.42. The number of nitrogens with zero attached hydrogens (tertiary/aromatic N) is 3. The zero-order chi connectivity index (χ0) is 19.1. The largest absolute Gasteiger partial charge is 0.339 e. The molecular formula is C22H21F2N3O. The van der Waals surface area contributed by atoms with Crippen molar-refractivity contribution >= 4 is 0 Å². The van der Waals surface area contributed by atoms with Gasteiger partial charge in [-0.1, -0.05) is 41.6 Å². The van der Waals surface area contributed by atoms with E-state index in [9.17, 15) is 8.78 Å². The first-order valence-electron chi connectivity index (χ1n) is 9.76. The van der Waals surface area contributed by atoms with Gasteiger partial charge in [0, 0.05) is 18.0 Å². The molecule has 0 amide bonds. The minimum Gasteiger partial charge on any atom is -0.339 e. The standard InChI is InChI=1S/C22H21F2N3O/c23-17-9-8-14(11-18(17)24)12-21-25-22(26-28-21)16-13-20(15-5-2-1-3-6-15)27-10-4-7-19(16)27/h1-3,5-6,8-9,11,16,19-20H,4,7,10,12-13H2/t16-,19+,20-/m0/s1. The van der Waals surface area contributed by atoms with Gasteiger partial charge >= 0.3 is 0 Å². The lowest BCUT2D eigenvalue weighted by molar-refractivity contribution is 0.243. The number of aromatic nitrogens is 2. The smallest absolute Gasteiger partial charge is 0.231 e. The van der Waals surface area contributed by atoms with Crippen molar-refractivity contribution in [3.8, 4) is 0 Å². The highest BCUT2D eigenvalue weighted by Crippen LogP contribution is 2.48. The Hall–Kier alpha value is -2.60. The Labute approximate surface area is 162 Å². The molecule has 3 heterocycles. The summed E-state index contributed by atoms with van der Waals surface area (Å²) in [6.45, 7) is 1.10. The van der Waals surface area contributed by atoms with Crippen LogP contribution in [0.5, 0.6) is 0 Å². The fraction of sp³-hybridized carbons (Fsp3) is 0.364. The van der Waals surface area contributed by atoms with Crippen LogP contribution >= 0.6 is 0 Å². The van der Waals surface area contributed by atoms with E-state index >= 15 is 0 Å². The van der Waals surface area contributed by atoms with Crippen LogP contribution in [0.2, 0.25) is 0 Å². The first-order valence-corrected chi connectivity index (χ1v) is 9.76. The van der Waals surface area contributed by atoms with Gasteiger partial charge in [-0.3, -0.25) is 4.90 Å². The van der Waals surface area contributed by atoms with Crippen LogP contribution in [0.4, 0.5) is 8.78 Å². The minimum atomic E-state index is -0.861. The molecule has 0 unspecified atom stereocenters. The van der Waals surface area contributed by atoms with Gasteiger partial charge in [0.1, 0.15) is 0 Å². The maximum absolute atomic E-state index is 13.4. The van der Waals surface area contributed by atoms with E-state index in [4.69, 9.17) is 4.52 Å². The summed E-state index contributed by atoms with van der Waals surface area (Å²) in [7, 11) is 0. The van der Waals surface area contributed by atoms with Gasteiger partial charge in [0.2, 0.25) is 5.89 Å². The van der Waals surface area contributed by atoms with Crippen molar-refractivity contribution in [2.75, 3.05) is 6.54 Å². The maximum atomic E-state index is 13.4. The van der Waals surface area contributed by atoms with Crippen LogP contribution < -0.4 is 0 Å². The number of hydrogen-bond acceptors (Lipinski definition) is 4. The first-order chi connectivity index (χ1) is 13.7. The van der Waals surface area contributed by atoms with Crippen molar-refractivity contribution in [1.29, 1.82) is 0 Å². The van der Waals surface area contributed by atoms with Gasteiger partial charge in [-0.15, -0.1) is 0 Å². The summed E-state index contributed by atoms with van der Waals surface area (Å²) in [5.41, 5.74) is 1.95. The molecule has 0 spiro atoms. The van der Waals surface area contributed by atoms with E-state index < -0.39 is 11.6 Å². The monoisotopic (exact) mass is 381 g/mol. The molecule has 2 saturated heterocycles. The maximum Gasteiger partial charge on any atom is 0.231 e. The molecule has 2 aliphatic rings. The van der Waals surface area contributed by atoms with E-state index in [0.717, 1.165) is 31.3 Å². The van der Waals surface area contributed by atoms with Gasteiger partial charge in [0.25, 0.3) is 0 Å². The van der Waals surface area contributed by atoms with Gasteiger partial charge in [-0.2, -0.15) is 4.98 Å². The van der Waals surface area contributed by atoms with Gasteiger partial charge in [-0.05, 0) is 49.1 Å². The molecule has 144 valence electrons. The summed E-state index contributed by atoms with van der Waals surface area (Å²) >= 11 is 0. The lowest BCUT2D eigenvalue weighted by Gasteiger charge is -2.24. The highest BCUT2D eigenvalue weighted by molar-refractivity contribution is 5.25. The molecule has 3 aromatic rings. The summed E-state index contributed by atoms with van der Waals surface area (Å²) in [6.07, 6.45) is 3.59. The molecule has 0 N–H and O–H groups in total. The normalized spacial score (nSPS) is 24.6. The minimum absolute atomic E-state index is 0.232. The molecule has 5 rings (SSSR count). The number of benzene rings is 2. The average molecular weight is 381 g/mol. The van der Waals surface area contributed by atoms with Crippen molar-refractivity contribution in [2.24, 2.45) is 0 Å². The second kappa shape index (κ2) is 7.09. The van der Waals surface area contributed by atoms with Gasteiger partial charge in [0.15, 0.2) is 17.5 Å². The van der Waals surface area contributed by atoms with Crippen LogP contribution in [0, 0.1) is 11.6 Å². The Kier molecular flexibility index (Phi) is 4.43. The molecule has 2 fully saturated rings. The van der Waals surface area contributed by atoms with Crippen LogP contribution in [0.15, 0.2) is 53.1 Å². The predicted octanol–water partition coefficient (Wildman–Crippen LogP) is 4.63. The van der Waals surface area contributed by atoms with Gasteiger partial charge < -0.3 is 4.52 Å². The van der Waals surface area contributed by atoms with Crippen molar-refractivity contribution in [3.63, 3.8) is 0 Å². The van der Waals surface area contributed by atoms with E-state index in [1.807, 2.05) is 6.07 Å². The molecule has 2 aromatic carbocycles. The third-order valence-corrected chi connectivity index (χ3v) is 6.02. The Morgan fingerprint density at radius 2 is 1.93 bits per heavy atom. The summed E-state index contributed by atoms with van der Waals surface area (Å²) < 4.78 is 32.0. The summed E-state index contributed by atoms with van der Waals surface area (Å²) in [4.78, 5) is 7.18. The molecule has 0 bridgehead atoms. The second-order valence-corrected chi connectivity index (χ2v) is 7.69. The molecule has 0 aliphatic carbocycles. The Balaban J connectivity index is 1.37. The third kappa shape index (κ3) is 3.11. The number of hydrogen-bond donors (Lipinski definition) is 0. The van der Waals surface area contributed by atoms with E-state index in [1.54, 1.807) is 6.07 Å². The van der Waals surface area contributed by atoms with E-state index in [0.29, 0.717) is 30.0 Å². The second-order valence-electron chi connectivity index (χ2n) is 7.69. The SMILES string of the molecule is Fc1ccc(Cc2nc([C@H]3C[C@@H](c4ccccc4)N4CCC[C@H]34)no2)cc1F. The van der Waals surface area contributed by atoms with Crippen LogP contribution in [-0.4, -0.2) is 27.6 Å². The highest BCUT2D eigenvalue weighted by Gasteiger charge is 2.46. The first kappa shape index (κ1) is 17.5. The molecule has 0 saturated carbocycles. The fourth-order valence-corrected chi connectivity index (χ4v) is 4.76. The number of halogens is 2. The van der Waals surface area contributed by atoms with Crippen molar-refractivity contribution < 1.29 is 13.3 Å². The van der Waals surface area contributed by atoms with Gasteiger partial charge in [-0.25, -0.2) is 8.78 Å². The topological polar surface area (TPSA) is 42.2 Å². The number of rotatable bonds is 4. The predicted molar refractivity (Wildman–Crippen MR) is 99.7 cm³/mol. The Morgan fingerprint density at radius 3 is 2.75 bits per heavy atom. The summed E-state index contributed by atoms with van der Waals surface area (Å²) in [5, 5.41) is 4.24. The van der Waals surface area contributed by atoms with E-state index in [-0.39, 0.29) is 5.92 Å². The van der Waals surface area contributed by atoms with Crippen LogP contribution in [0.1, 0.15) is 54.1 Å². The van der Waals surface area contributed by atoms with Crippen molar-refractivity contribution in [3.05, 3.63) is 83.0 Å². The van der Waals surface area contributed by atoms with Crippen LogP contribution in [-0.2, 0) is 6.42 Å². The lowest BCUT2D eigenvalue weighted by Crippen LogP contribution is -2.27. The molecule has 6 heteroatoms. The lowest BCUT2D eigenvalue weighted by atomic mass is 9.94. The number of fused-ring (bicyclic) bond motifs is 1. The van der Waals surface area contributed by atoms with Crippen molar-refractivity contribution in [1.82, 2.24) is 15.0 Å². The molecule has 0 radical (unpaired) electrons. The van der Waals surface area contributed by atoms with Crippen molar-refractivity contribution in [2.45, 2.75) is 43.7 Å². The molecule has 28 heavy (non-hydrogen) atoms. The zero-order valence-electron chi connectivity index (χ0n) is 15.4. The Morgan fingerprint density at radius 1 is 1.07 bits per heavy atom. The van der Waals surface area contributed by atoms with Gasteiger partial charge in [0.05, 0.1) is 6.42 Å². The highest BCUT2D eigenvalue weighted by atomic mass is 19.2. The zero-order valence-corrected chi connectivity index (χ0v) is 15.4. The van der Waals surface area contributed by atoms with Crippen LogP contribution in [0.25, 0.3) is 0 Å². The molecule has 2 aliphatic heterocycles. The Bertz CT molecular complexity index is 975. The fourth-order valence-electron chi connectivity index (χ4n) is 4.76. The summed E-state index contributed by atoms with van der Waals surface area (Å²) in [6, 6.07) is 15.2. The van der Waals surface area contributed by atoms with E-state index in [2.05, 4.69) is 39.3 Å². The quantitative estimate of drug-likeness (QED) is 0.661. The molecule has 3 atom stereocenters. The molecule has 4 nitrogen and oxygen atoms in total. The molecule has 1 aromatic heterocycles. The molecular weight excluding hydrogens is 360 g/mol. The third-order valence-electron chi connectivity index (χ3n) is 6.02. The van der Waals surface area contributed by atoms with Crippen LogP contribution in [0.3, 0.4) is 0 Å². The summed E-state index contributed by atoms with van der Waals surface area (Å²) in [5.74, 6) is -0.314.